The van der Waals surface area contributed by atoms with E-state index in [4.69, 9.17) is 4.42 Å². The van der Waals surface area contributed by atoms with Crippen molar-refractivity contribution in [1.29, 1.82) is 0 Å². The summed E-state index contributed by atoms with van der Waals surface area (Å²) < 4.78 is 5.91. The van der Waals surface area contributed by atoms with Gasteiger partial charge in [-0.05, 0) is 40.6 Å². The molecule has 3 aromatic rings. The molecule has 156 valence electrons. The van der Waals surface area contributed by atoms with Crippen molar-refractivity contribution in [2.24, 2.45) is 0 Å². The average Bonchev–Trinajstić information content (AvgIpc) is 3.03. The molecule has 2 aromatic carbocycles. The molecule has 0 aliphatic rings. The largest absolute Gasteiger partial charge is 0.507 e. The Morgan fingerprint density at radius 2 is 1.66 bits per heavy atom. The zero-order valence-electron chi connectivity index (χ0n) is 18.8. The number of oxazole rings is 1. The maximum atomic E-state index is 11.1. The number of hydrogen-bond donors (Lipinski definition) is 1. The third kappa shape index (κ3) is 4.81. The van der Waals surface area contributed by atoms with Crippen LogP contribution in [0.4, 0.5) is 0 Å². The molecule has 3 rings (SSSR count). The molecule has 0 fully saturated rings. The Kier molecular flexibility index (Phi) is 5.77. The number of benzene rings is 2. The Labute approximate surface area is 174 Å². The minimum Gasteiger partial charge on any atom is -0.507 e. The Balaban J connectivity index is 1.93. The van der Waals surface area contributed by atoms with Crippen LogP contribution in [0.1, 0.15) is 71.0 Å². The Morgan fingerprint density at radius 1 is 0.966 bits per heavy atom. The lowest BCUT2D eigenvalue weighted by molar-refractivity contribution is 0.241. The van der Waals surface area contributed by atoms with Gasteiger partial charge in [-0.15, -0.1) is 0 Å². The van der Waals surface area contributed by atoms with Gasteiger partial charge < -0.3 is 9.52 Å². The summed E-state index contributed by atoms with van der Waals surface area (Å²) in [5.41, 5.74) is 4.78. The van der Waals surface area contributed by atoms with Gasteiger partial charge in [-0.3, -0.25) is 4.90 Å². The normalized spacial score (nSPS) is 12.8. The second-order valence-electron chi connectivity index (χ2n) is 9.91. The summed E-state index contributed by atoms with van der Waals surface area (Å²) in [5, 5.41) is 11.1. The van der Waals surface area contributed by atoms with Gasteiger partial charge in [0.2, 0.25) is 5.89 Å². The van der Waals surface area contributed by atoms with Crippen molar-refractivity contribution < 1.29 is 9.52 Å². The number of aromatic hydroxyl groups is 1. The van der Waals surface area contributed by atoms with Gasteiger partial charge in [0, 0.05) is 12.1 Å². The van der Waals surface area contributed by atoms with E-state index in [0.717, 1.165) is 28.8 Å². The Hall–Kier alpha value is -2.33. The van der Waals surface area contributed by atoms with E-state index in [-0.39, 0.29) is 10.8 Å². The third-order valence-electron chi connectivity index (χ3n) is 5.40. The first-order valence-corrected chi connectivity index (χ1v) is 10.4. The quantitative estimate of drug-likeness (QED) is 0.564. The summed E-state index contributed by atoms with van der Waals surface area (Å²) in [6, 6.07) is 12.1. The monoisotopic (exact) mass is 394 g/mol. The number of nitrogens with zero attached hydrogens (tertiary/aromatic N) is 2. The van der Waals surface area contributed by atoms with Crippen LogP contribution < -0.4 is 0 Å². The summed E-state index contributed by atoms with van der Waals surface area (Å²) in [5.74, 6) is 1.11. The summed E-state index contributed by atoms with van der Waals surface area (Å²) in [7, 11) is 0. The number of aromatic nitrogens is 1. The minimum absolute atomic E-state index is 0.0137. The zero-order chi connectivity index (χ0) is 21.4. The van der Waals surface area contributed by atoms with Crippen molar-refractivity contribution in [3.63, 3.8) is 0 Å². The van der Waals surface area contributed by atoms with Gasteiger partial charge in [-0.1, -0.05) is 72.7 Å². The molecule has 29 heavy (non-hydrogen) atoms. The Bertz CT molecular complexity index is 957. The zero-order valence-corrected chi connectivity index (χ0v) is 18.8. The number of phenolic OH excluding ortho intramolecular Hbond substituents is 1. The highest BCUT2D eigenvalue weighted by atomic mass is 16.3. The van der Waals surface area contributed by atoms with Crippen LogP contribution in [0.25, 0.3) is 11.1 Å². The molecule has 0 unspecified atom stereocenters. The maximum absolute atomic E-state index is 11.1. The van der Waals surface area contributed by atoms with Gasteiger partial charge in [0.05, 0.1) is 6.54 Å². The molecule has 0 aliphatic heterocycles. The van der Waals surface area contributed by atoms with Crippen molar-refractivity contribution in [3.8, 4) is 5.75 Å². The second kappa shape index (κ2) is 7.83. The van der Waals surface area contributed by atoms with E-state index in [0.29, 0.717) is 24.7 Å². The molecule has 0 amide bonds. The van der Waals surface area contributed by atoms with Gasteiger partial charge in [-0.2, -0.15) is 0 Å². The molecule has 0 aliphatic carbocycles. The highest BCUT2D eigenvalue weighted by Crippen LogP contribution is 2.38. The molecular formula is C25H34N2O2. The fraction of sp³-hybridized carbons (Fsp3) is 0.480. The van der Waals surface area contributed by atoms with E-state index < -0.39 is 0 Å². The first kappa shape index (κ1) is 21.4. The fourth-order valence-electron chi connectivity index (χ4n) is 3.52. The van der Waals surface area contributed by atoms with E-state index >= 15 is 0 Å². The molecule has 0 saturated carbocycles. The molecule has 0 radical (unpaired) electrons. The summed E-state index contributed by atoms with van der Waals surface area (Å²) in [4.78, 5) is 6.86. The van der Waals surface area contributed by atoms with E-state index in [1.165, 1.54) is 5.56 Å². The van der Waals surface area contributed by atoms with Crippen LogP contribution in [0.3, 0.4) is 0 Å². The van der Waals surface area contributed by atoms with E-state index in [2.05, 4.69) is 70.5 Å². The molecule has 1 N–H and O–H groups in total. The van der Waals surface area contributed by atoms with Crippen LogP contribution >= 0.6 is 0 Å². The summed E-state index contributed by atoms with van der Waals surface area (Å²) >= 11 is 0. The first-order chi connectivity index (χ1) is 13.5. The van der Waals surface area contributed by atoms with Crippen LogP contribution in [0.15, 0.2) is 40.8 Å². The molecule has 4 nitrogen and oxygen atoms in total. The van der Waals surface area contributed by atoms with Crippen LogP contribution in [-0.2, 0) is 23.9 Å². The maximum Gasteiger partial charge on any atom is 0.209 e. The van der Waals surface area contributed by atoms with Crippen molar-refractivity contribution in [3.05, 3.63) is 59.0 Å². The molecule has 4 heteroatoms. The highest BCUT2D eigenvalue weighted by molar-refractivity contribution is 5.72. The molecule has 0 bridgehead atoms. The highest BCUT2D eigenvalue weighted by Gasteiger charge is 2.25. The number of fused-ring (bicyclic) bond motifs is 1. The topological polar surface area (TPSA) is 49.5 Å². The van der Waals surface area contributed by atoms with Crippen molar-refractivity contribution in [2.45, 2.75) is 72.4 Å². The van der Waals surface area contributed by atoms with Crippen LogP contribution in [0.5, 0.6) is 5.75 Å². The van der Waals surface area contributed by atoms with E-state index in [1.54, 1.807) is 0 Å². The van der Waals surface area contributed by atoms with Crippen LogP contribution in [0.2, 0.25) is 0 Å². The Morgan fingerprint density at radius 3 is 2.24 bits per heavy atom. The van der Waals surface area contributed by atoms with Crippen molar-refractivity contribution >= 4 is 11.1 Å². The van der Waals surface area contributed by atoms with Gasteiger partial charge in [0.15, 0.2) is 5.58 Å². The molecule has 0 saturated heterocycles. The van der Waals surface area contributed by atoms with Crippen LogP contribution in [0, 0.1) is 0 Å². The van der Waals surface area contributed by atoms with Gasteiger partial charge in [0.25, 0.3) is 0 Å². The second-order valence-corrected chi connectivity index (χ2v) is 9.91. The average molecular weight is 395 g/mol. The predicted molar refractivity (Wildman–Crippen MR) is 119 cm³/mol. The van der Waals surface area contributed by atoms with Crippen molar-refractivity contribution in [1.82, 2.24) is 9.88 Å². The summed E-state index contributed by atoms with van der Waals surface area (Å²) in [6.45, 7) is 17.3. The van der Waals surface area contributed by atoms with E-state index in [1.807, 2.05) is 24.3 Å². The SMILES string of the molecule is CCN(Cc1nc2ccccc2o1)Cc1cc(C(C)(C)C)cc(C(C)(C)C)c1O. The van der Waals surface area contributed by atoms with E-state index in [9.17, 15) is 5.11 Å². The minimum atomic E-state index is -0.128. The van der Waals surface area contributed by atoms with Gasteiger partial charge >= 0.3 is 0 Å². The lowest BCUT2D eigenvalue weighted by atomic mass is 9.79. The molecule has 1 heterocycles. The van der Waals surface area contributed by atoms with Crippen molar-refractivity contribution in [2.75, 3.05) is 6.54 Å². The lowest BCUT2D eigenvalue weighted by Crippen LogP contribution is -2.24. The standard InChI is InChI=1S/C25H34N2O2/c1-8-27(16-22-26-20-11-9-10-12-21(20)29-22)15-17-13-18(24(2,3)4)14-19(23(17)28)25(5,6)7/h9-14,28H,8,15-16H2,1-7H3. The first-order valence-electron chi connectivity index (χ1n) is 10.4. The number of rotatable bonds is 5. The van der Waals surface area contributed by atoms with Gasteiger partial charge in [0.1, 0.15) is 11.3 Å². The smallest absolute Gasteiger partial charge is 0.209 e. The molecule has 0 atom stereocenters. The van der Waals surface area contributed by atoms with Gasteiger partial charge in [-0.25, -0.2) is 4.98 Å². The molecular weight excluding hydrogens is 360 g/mol. The third-order valence-corrected chi connectivity index (χ3v) is 5.40. The molecule has 1 aromatic heterocycles. The summed E-state index contributed by atoms with van der Waals surface area (Å²) in [6.07, 6.45) is 0. The fourth-order valence-corrected chi connectivity index (χ4v) is 3.52. The molecule has 0 spiro atoms. The van der Waals surface area contributed by atoms with Crippen LogP contribution in [-0.4, -0.2) is 21.5 Å². The number of para-hydroxylation sites is 2. The number of phenols is 1. The number of hydrogen-bond acceptors (Lipinski definition) is 4. The lowest BCUT2D eigenvalue weighted by Gasteiger charge is -2.29. The predicted octanol–water partition coefficient (Wildman–Crippen LogP) is 6.15.